The maximum absolute atomic E-state index is 11.9. The van der Waals surface area contributed by atoms with Gasteiger partial charge in [0.25, 0.3) is 0 Å². The first-order valence-corrected chi connectivity index (χ1v) is 7.60. The van der Waals surface area contributed by atoms with Gasteiger partial charge in [0.15, 0.2) is 0 Å². The molecule has 0 N–H and O–H groups in total. The third kappa shape index (κ3) is 3.76. The predicted molar refractivity (Wildman–Crippen MR) is 78.6 cm³/mol. The average Bonchev–Trinajstić information content (AvgIpc) is 2.67. The Morgan fingerprint density at radius 3 is 2.59 bits per heavy atom. The minimum atomic E-state index is 0.242. The highest BCUT2D eigenvalue weighted by atomic mass is 79.9. The SMILES string of the molecule is O=C(Cc1cc(Br)cs1)Cc1ccccc1Br. The summed E-state index contributed by atoms with van der Waals surface area (Å²) in [6.07, 6.45) is 0.995. The Morgan fingerprint density at radius 1 is 1.18 bits per heavy atom. The smallest absolute Gasteiger partial charge is 0.142 e. The second-order valence-electron chi connectivity index (χ2n) is 3.71. The molecule has 0 amide bonds. The van der Waals surface area contributed by atoms with Crippen molar-refractivity contribution in [2.24, 2.45) is 0 Å². The summed E-state index contributed by atoms with van der Waals surface area (Å²) in [5.74, 6) is 0.242. The van der Waals surface area contributed by atoms with E-state index in [4.69, 9.17) is 0 Å². The van der Waals surface area contributed by atoms with Gasteiger partial charge in [-0.05, 0) is 33.6 Å². The number of thiophene rings is 1. The van der Waals surface area contributed by atoms with Crippen LogP contribution in [-0.2, 0) is 17.6 Å². The van der Waals surface area contributed by atoms with Crippen LogP contribution in [-0.4, -0.2) is 5.78 Å². The Hall–Kier alpha value is -0.450. The fourth-order valence-corrected chi connectivity index (χ4v) is 3.46. The van der Waals surface area contributed by atoms with Gasteiger partial charge < -0.3 is 0 Å². The predicted octanol–water partition coefficient (Wildman–Crippen LogP) is 4.63. The molecule has 0 spiro atoms. The number of benzene rings is 1. The zero-order chi connectivity index (χ0) is 12.3. The lowest BCUT2D eigenvalue weighted by Gasteiger charge is -2.02. The van der Waals surface area contributed by atoms with Crippen molar-refractivity contribution >= 4 is 49.0 Å². The zero-order valence-electron chi connectivity index (χ0n) is 8.95. The first-order chi connectivity index (χ1) is 8.15. The van der Waals surface area contributed by atoms with E-state index >= 15 is 0 Å². The fourth-order valence-electron chi connectivity index (χ4n) is 1.56. The molecule has 0 aliphatic heterocycles. The summed E-state index contributed by atoms with van der Waals surface area (Å²) in [5.41, 5.74) is 1.05. The van der Waals surface area contributed by atoms with Crippen LogP contribution in [0.2, 0.25) is 0 Å². The van der Waals surface area contributed by atoms with E-state index in [1.165, 1.54) is 0 Å². The molecule has 0 unspecified atom stereocenters. The molecule has 2 aromatic rings. The number of Topliss-reactive ketones (excluding diaryl/α,β-unsaturated/α-hetero) is 1. The number of ketones is 1. The monoisotopic (exact) mass is 372 g/mol. The largest absolute Gasteiger partial charge is 0.299 e. The van der Waals surface area contributed by atoms with Crippen molar-refractivity contribution in [3.05, 3.63) is 55.1 Å². The summed E-state index contributed by atoms with van der Waals surface area (Å²) in [7, 11) is 0. The molecular weight excluding hydrogens is 364 g/mol. The van der Waals surface area contributed by atoms with Gasteiger partial charge in [0.05, 0.1) is 0 Å². The maximum Gasteiger partial charge on any atom is 0.142 e. The van der Waals surface area contributed by atoms with E-state index in [9.17, 15) is 4.79 Å². The number of carbonyl (C=O) groups excluding carboxylic acids is 1. The van der Waals surface area contributed by atoms with Crippen LogP contribution >= 0.6 is 43.2 Å². The summed E-state index contributed by atoms with van der Waals surface area (Å²) in [4.78, 5) is 13.0. The average molecular weight is 374 g/mol. The molecule has 2 rings (SSSR count). The molecular formula is C13H10Br2OS. The number of rotatable bonds is 4. The van der Waals surface area contributed by atoms with Crippen LogP contribution in [0.15, 0.2) is 44.7 Å². The van der Waals surface area contributed by atoms with E-state index in [0.29, 0.717) is 12.8 Å². The van der Waals surface area contributed by atoms with Gasteiger partial charge in [-0.2, -0.15) is 0 Å². The molecule has 0 saturated carbocycles. The normalized spacial score (nSPS) is 10.5. The Balaban J connectivity index is 2.01. The van der Waals surface area contributed by atoms with Gasteiger partial charge in [-0.15, -0.1) is 11.3 Å². The van der Waals surface area contributed by atoms with Crippen LogP contribution in [0.5, 0.6) is 0 Å². The van der Waals surface area contributed by atoms with Gasteiger partial charge in [0.2, 0.25) is 0 Å². The molecule has 0 bridgehead atoms. The second-order valence-corrected chi connectivity index (χ2v) is 6.48. The van der Waals surface area contributed by atoms with Crippen LogP contribution in [0.25, 0.3) is 0 Å². The van der Waals surface area contributed by atoms with E-state index in [1.807, 2.05) is 35.7 Å². The summed E-state index contributed by atoms with van der Waals surface area (Å²) in [6.45, 7) is 0. The molecule has 0 atom stereocenters. The highest BCUT2D eigenvalue weighted by Crippen LogP contribution is 2.22. The third-order valence-electron chi connectivity index (χ3n) is 2.34. The molecule has 0 radical (unpaired) electrons. The lowest BCUT2D eigenvalue weighted by Crippen LogP contribution is -2.05. The summed E-state index contributed by atoms with van der Waals surface area (Å²) in [6, 6.07) is 9.85. The minimum absolute atomic E-state index is 0.242. The van der Waals surface area contributed by atoms with Crippen LogP contribution < -0.4 is 0 Å². The molecule has 1 heterocycles. The molecule has 0 aliphatic carbocycles. The van der Waals surface area contributed by atoms with Gasteiger partial charge in [-0.3, -0.25) is 4.79 Å². The first kappa shape index (κ1) is 13.0. The van der Waals surface area contributed by atoms with Crippen molar-refractivity contribution in [2.75, 3.05) is 0 Å². The van der Waals surface area contributed by atoms with Gasteiger partial charge in [-0.25, -0.2) is 0 Å². The van der Waals surface area contributed by atoms with E-state index in [0.717, 1.165) is 19.4 Å². The standard InChI is InChI=1S/C13H10Br2OS/c14-10-6-12(17-8-10)7-11(16)5-9-3-1-2-4-13(9)15/h1-4,6,8H,5,7H2. The summed E-state index contributed by atoms with van der Waals surface area (Å²) < 4.78 is 2.05. The Bertz CT molecular complexity index is 534. The van der Waals surface area contributed by atoms with E-state index in [1.54, 1.807) is 11.3 Å². The lowest BCUT2D eigenvalue weighted by atomic mass is 10.1. The van der Waals surface area contributed by atoms with Crippen molar-refractivity contribution in [3.8, 4) is 0 Å². The molecule has 0 saturated heterocycles. The van der Waals surface area contributed by atoms with E-state index < -0.39 is 0 Å². The van der Waals surface area contributed by atoms with Crippen molar-refractivity contribution in [1.82, 2.24) is 0 Å². The first-order valence-electron chi connectivity index (χ1n) is 5.13. The van der Waals surface area contributed by atoms with Crippen molar-refractivity contribution in [1.29, 1.82) is 0 Å². The molecule has 4 heteroatoms. The number of hydrogen-bond acceptors (Lipinski definition) is 2. The van der Waals surface area contributed by atoms with Gasteiger partial charge in [-0.1, -0.05) is 34.1 Å². The Labute approximate surface area is 121 Å². The van der Waals surface area contributed by atoms with Crippen molar-refractivity contribution < 1.29 is 4.79 Å². The number of carbonyl (C=O) groups is 1. The Kier molecular flexibility index (Phi) is 4.54. The van der Waals surface area contributed by atoms with Crippen LogP contribution in [0, 0.1) is 0 Å². The molecule has 1 nitrogen and oxygen atoms in total. The highest BCUT2D eigenvalue weighted by molar-refractivity contribution is 9.10. The number of halogens is 2. The molecule has 1 aromatic heterocycles. The topological polar surface area (TPSA) is 17.1 Å². The van der Waals surface area contributed by atoms with Crippen LogP contribution in [0.1, 0.15) is 10.4 Å². The highest BCUT2D eigenvalue weighted by Gasteiger charge is 2.08. The summed E-state index contributed by atoms with van der Waals surface area (Å²) >= 11 is 8.46. The van der Waals surface area contributed by atoms with Gasteiger partial charge >= 0.3 is 0 Å². The Morgan fingerprint density at radius 2 is 1.94 bits per heavy atom. The number of hydrogen-bond donors (Lipinski definition) is 0. The lowest BCUT2D eigenvalue weighted by molar-refractivity contribution is -0.117. The van der Waals surface area contributed by atoms with Crippen LogP contribution in [0.3, 0.4) is 0 Å². The molecule has 1 aromatic carbocycles. The minimum Gasteiger partial charge on any atom is -0.299 e. The van der Waals surface area contributed by atoms with Gasteiger partial charge in [0.1, 0.15) is 5.78 Å². The zero-order valence-corrected chi connectivity index (χ0v) is 12.9. The second kappa shape index (κ2) is 5.94. The fraction of sp³-hybridized carbons (Fsp3) is 0.154. The molecule has 17 heavy (non-hydrogen) atoms. The summed E-state index contributed by atoms with van der Waals surface area (Å²) in [5, 5.41) is 2.00. The van der Waals surface area contributed by atoms with Crippen molar-refractivity contribution in [2.45, 2.75) is 12.8 Å². The molecule has 0 aliphatic rings. The van der Waals surface area contributed by atoms with E-state index in [2.05, 4.69) is 31.9 Å². The van der Waals surface area contributed by atoms with Gasteiger partial charge in [0, 0.05) is 32.0 Å². The third-order valence-corrected chi connectivity index (χ3v) is 4.81. The van der Waals surface area contributed by atoms with Crippen molar-refractivity contribution in [3.63, 3.8) is 0 Å². The molecule has 88 valence electrons. The maximum atomic E-state index is 11.9. The molecule has 0 fully saturated rings. The quantitative estimate of drug-likeness (QED) is 0.763. The van der Waals surface area contributed by atoms with Crippen LogP contribution in [0.4, 0.5) is 0 Å². The van der Waals surface area contributed by atoms with E-state index in [-0.39, 0.29) is 5.78 Å².